The van der Waals surface area contributed by atoms with Crippen LogP contribution in [0.25, 0.3) is 0 Å². The van der Waals surface area contributed by atoms with E-state index < -0.39 is 0 Å². The lowest BCUT2D eigenvalue weighted by molar-refractivity contribution is -0.115. The number of likely N-dealkylation sites (N-methyl/N-ethyl adjacent to an activating group) is 1. The van der Waals surface area contributed by atoms with Gasteiger partial charge in [-0.2, -0.15) is 5.10 Å². The minimum Gasteiger partial charge on any atom is -0.383 e. The molecule has 1 heterocycles. The number of methoxy groups -OCH3 is 1. The fraction of sp³-hybridized carbons (Fsp3) is 0.273. The molecule has 0 aliphatic carbocycles. The molecule has 1 aromatic heterocycles. The second-order valence-corrected chi connectivity index (χ2v) is 6.83. The molecule has 0 saturated heterocycles. The first kappa shape index (κ1) is 20.5. The summed E-state index contributed by atoms with van der Waals surface area (Å²) in [6.07, 6.45) is 2.05. The van der Waals surface area contributed by atoms with Gasteiger partial charge in [-0.3, -0.25) is 9.48 Å². The zero-order valence-corrected chi connectivity index (χ0v) is 16.6. The zero-order valence-electron chi connectivity index (χ0n) is 16.6. The second-order valence-electron chi connectivity index (χ2n) is 6.83. The summed E-state index contributed by atoms with van der Waals surface area (Å²) in [6.45, 7) is 1.97. The van der Waals surface area contributed by atoms with Gasteiger partial charge < -0.3 is 15.0 Å². The van der Waals surface area contributed by atoms with Gasteiger partial charge in [-0.05, 0) is 35.4 Å². The van der Waals surface area contributed by atoms with Gasteiger partial charge in [0.15, 0.2) is 5.82 Å². The Balaban J connectivity index is 1.51. The van der Waals surface area contributed by atoms with Crippen LogP contribution in [-0.2, 0) is 22.5 Å². The minimum atomic E-state index is -0.267. The minimum absolute atomic E-state index is 0.127. The van der Waals surface area contributed by atoms with Gasteiger partial charge in [-0.25, -0.2) is 4.39 Å². The molecule has 0 atom stereocenters. The fourth-order valence-electron chi connectivity index (χ4n) is 2.89. The summed E-state index contributed by atoms with van der Waals surface area (Å²) in [5, 5.41) is 7.16. The highest BCUT2D eigenvalue weighted by molar-refractivity contribution is 5.91. The van der Waals surface area contributed by atoms with Gasteiger partial charge >= 0.3 is 0 Å². The molecular formula is C22H25FN4O2. The number of nitrogens with one attached hydrogen (secondary N) is 1. The van der Waals surface area contributed by atoms with Crippen LogP contribution < -0.4 is 10.2 Å². The smallest absolute Gasteiger partial charge is 0.229 e. The van der Waals surface area contributed by atoms with Crippen molar-refractivity contribution in [2.45, 2.75) is 13.0 Å². The van der Waals surface area contributed by atoms with Crippen molar-refractivity contribution in [3.05, 3.63) is 77.7 Å². The number of aromatic nitrogens is 2. The SMILES string of the molecule is COCCN(C)c1ccc(CC(=O)Nc2ccn(Cc3ccc(F)cc3)n2)cc1. The molecule has 0 spiro atoms. The van der Waals surface area contributed by atoms with Gasteiger partial charge in [-0.1, -0.05) is 24.3 Å². The summed E-state index contributed by atoms with van der Waals surface area (Å²) in [4.78, 5) is 14.4. The Morgan fingerprint density at radius 1 is 1.10 bits per heavy atom. The lowest BCUT2D eigenvalue weighted by atomic mass is 10.1. The van der Waals surface area contributed by atoms with E-state index in [0.29, 0.717) is 19.0 Å². The highest BCUT2D eigenvalue weighted by atomic mass is 19.1. The molecule has 1 amide bonds. The van der Waals surface area contributed by atoms with Gasteiger partial charge in [0.05, 0.1) is 19.6 Å². The predicted molar refractivity (Wildman–Crippen MR) is 112 cm³/mol. The third-order valence-corrected chi connectivity index (χ3v) is 4.54. The summed E-state index contributed by atoms with van der Waals surface area (Å²) in [5.74, 6) is 0.0994. The molecule has 0 aliphatic rings. The molecule has 3 rings (SSSR count). The van der Waals surface area contributed by atoms with Crippen LogP contribution in [-0.4, -0.2) is 43.0 Å². The van der Waals surface area contributed by atoms with Gasteiger partial charge in [0.25, 0.3) is 0 Å². The highest BCUT2D eigenvalue weighted by Crippen LogP contribution is 2.15. The van der Waals surface area contributed by atoms with Crippen molar-refractivity contribution in [2.24, 2.45) is 0 Å². The first-order valence-corrected chi connectivity index (χ1v) is 9.40. The van der Waals surface area contributed by atoms with Crippen molar-refractivity contribution in [1.82, 2.24) is 9.78 Å². The molecule has 0 aliphatic heterocycles. The third kappa shape index (κ3) is 6.15. The quantitative estimate of drug-likeness (QED) is 0.603. The topological polar surface area (TPSA) is 59.4 Å². The number of nitrogens with zero attached hydrogens (tertiary/aromatic N) is 3. The van der Waals surface area contributed by atoms with Crippen molar-refractivity contribution in [1.29, 1.82) is 0 Å². The second kappa shape index (κ2) is 9.84. The Bertz CT molecular complexity index is 923. The van der Waals surface area contributed by atoms with Crippen LogP contribution in [0, 0.1) is 5.82 Å². The number of carbonyl (C=O) groups excluding carboxylic acids is 1. The predicted octanol–water partition coefficient (Wildman–Crippen LogP) is 3.33. The van der Waals surface area contributed by atoms with Crippen molar-refractivity contribution < 1.29 is 13.9 Å². The lowest BCUT2D eigenvalue weighted by Gasteiger charge is -2.18. The standard InChI is InChI=1S/C22H25FN4O2/c1-26(13-14-29-2)20-9-5-17(6-10-20)15-22(28)24-21-11-12-27(25-21)16-18-3-7-19(23)8-4-18/h3-12H,13-16H2,1-2H3,(H,24,25,28). The van der Waals surface area contributed by atoms with Crippen molar-refractivity contribution in [3.8, 4) is 0 Å². The van der Waals surface area contributed by atoms with Crippen LogP contribution in [0.2, 0.25) is 0 Å². The van der Waals surface area contributed by atoms with Crippen LogP contribution in [0.4, 0.5) is 15.9 Å². The monoisotopic (exact) mass is 396 g/mol. The maximum atomic E-state index is 13.0. The van der Waals surface area contributed by atoms with E-state index in [4.69, 9.17) is 4.74 Å². The summed E-state index contributed by atoms with van der Waals surface area (Å²) >= 11 is 0. The number of hydrogen-bond acceptors (Lipinski definition) is 4. The van der Waals surface area contributed by atoms with E-state index in [1.165, 1.54) is 12.1 Å². The van der Waals surface area contributed by atoms with Gasteiger partial charge in [0.2, 0.25) is 5.91 Å². The molecule has 1 N–H and O–H groups in total. The van der Waals surface area contributed by atoms with Crippen molar-refractivity contribution >= 4 is 17.4 Å². The first-order chi connectivity index (χ1) is 14.0. The number of amides is 1. The molecular weight excluding hydrogens is 371 g/mol. The van der Waals surface area contributed by atoms with Crippen molar-refractivity contribution in [3.63, 3.8) is 0 Å². The van der Waals surface area contributed by atoms with Crippen molar-refractivity contribution in [2.75, 3.05) is 37.5 Å². The summed E-state index contributed by atoms with van der Waals surface area (Å²) in [5.41, 5.74) is 2.94. The zero-order chi connectivity index (χ0) is 20.6. The molecule has 0 saturated carbocycles. The molecule has 2 aromatic carbocycles. The Hall–Kier alpha value is -3.19. The average Bonchev–Trinajstić information content (AvgIpc) is 3.15. The van der Waals surface area contributed by atoms with Crippen LogP contribution in [0.15, 0.2) is 60.8 Å². The summed E-state index contributed by atoms with van der Waals surface area (Å²) in [7, 11) is 3.68. The van der Waals surface area contributed by atoms with Crippen LogP contribution in [0.5, 0.6) is 0 Å². The van der Waals surface area contributed by atoms with E-state index in [2.05, 4.69) is 15.3 Å². The third-order valence-electron chi connectivity index (χ3n) is 4.54. The molecule has 0 radical (unpaired) electrons. The molecule has 0 unspecified atom stereocenters. The Kier molecular flexibility index (Phi) is 6.97. The van der Waals surface area contributed by atoms with Gasteiger partial charge in [0.1, 0.15) is 5.82 Å². The summed E-state index contributed by atoms with van der Waals surface area (Å²) in [6, 6.07) is 15.9. The van der Waals surface area contributed by atoms with E-state index in [-0.39, 0.29) is 18.1 Å². The molecule has 0 bridgehead atoms. The molecule has 152 valence electrons. The Labute approximate surface area is 169 Å². The summed E-state index contributed by atoms with van der Waals surface area (Å²) < 4.78 is 19.8. The molecule has 0 fully saturated rings. The molecule has 29 heavy (non-hydrogen) atoms. The first-order valence-electron chi connectivity index (χ1n) is 9.40. The average molecular weight is 396 g/mol. The number of anilines is 2. The van der Waals surface area contributed by atoms with Crippen LogP contribution in [0.1, 0.15) is 11.1 Å². The number of halogens is 1. The fourth-order valence-corrected chi connectivity index (χ4v) is 2.89. The maximum absolute atomic E-state index is 13.0. The highest BCUT2D eigenvalue weighted by Gasteiger charge is 2.08. The largest absolute Gasteiger partial charge is 0.383 e. The Morgan fingerprint density at radius 2 is 1.79 bits per heavy atom. The van der Waals surface area contributed by atoms with E-state index in [0.717, 1.165) is 23.4 Å². The number of rotatable bonds is 9. The van der Waals surface area contributed by atoms with E-state index in [1.54, 1.807) is 36.2 Å². The number of carbonyl (C=O) groups is 1. The van der Waals surface area contributed by atoms with Gasteiger partial charge in [0, 0.05) is 38.7 Å². The van der Waals surface area contributed by atoms with Gasteiger partial charge in [-0.15, -0.1) is 0 Å². The normalized spacial score (nSPS) is 10.7. The van der Waals surface area contributed by atoms with E-state index >= 15 is 0 Å². The molecule has 6 nitrogen and oxygen atoms in total. The number of hydrogen-bond donors (Lipinski definition) is 1. The number of ether oxygens (including phenoxy) is 1. The number of benzene rings is 2. The van der Waals surface area contributed by atoms with E-state index in [1.807, 2.05) is 31.3 Å². The molecule has 3 aromatic rings. The van der Waals surface area contributed by atoms with Crippen LogP contribution in [0.3, 0.4) is 0 Å². The Morgan fingerprint density at radius 3 is 2.48 bits per heavy atom. The lowest BCUT2D eigenvalue weighted by Crippen LogP contribution is -2.22. The molecule has 7 heteroatoms. The van der Waals surface area contributed by atoms with E-state index in [9.17, 15) is 9.18 Å². The maximum Gasteiger partial charge on any atom is 0.229 e. The van der Waals surface area contributed by atoms with Crippen LogP contribution >= 0.6 is 0 Å².